The topological polar surface area (TPSA) is 62.3 Å². The van der Waals surface area contributed by atoms with Crippen LogP contribution in [0.4, 0.5) is 5.82 Å². The fraction of sp³-hybridized carbons (Fsp3) is 0.409. The van der Waals surface area contributed by atoms with Crippen LogP contribution in [0.3, 0.4) is 0 Å². The second-order valence-corrected chi connectivity index (χ2v) is 8.22. The van der Waals surface area contributed by atoms with Crippen LogP contribution in [0.1, 0.15) is 48.2 Å². The molecule has 1 aromatic heterocycles. The highest BCUT2D eigenvalue weighted by Gasteiger charge is 2.22. The van der Waals surface area contributed by atoms with Crippen molar-refractivity contribution in [1.29, 1.82) is 0 Å². The number of aromatic nitrogens is 1. The van der Waals surface area contributed by atoms with E-state index in [4.69, 9.17) is 0 Å². The van der Waals surface area contributed by atoms with Crippen LogP contribution >= 0.6 is 11.8 Å². The highest BCUT2D eigenvalue weighted by molar-refractivity contribution is 8.00. The van der Waals surface area contributed by atoms with E-state index in [1.807, 2.05) is 49.2 Å². The van der Waals surface area contributed by atoms with Crippen LogP contribution in [0.15, 0.2) is 47.4 Å². The maximum absolute atomic E-state index is 12.7. The molecule has 2 aromatic rings. The van der Waals surface area contributed by atoms with E-state index in [0.29, 0.717) is 23.2 Å². The van der Waals surface area contributed by atoms with E-state index in [2.05, 4.69) is 10.3 Å². The SMILES string of the molecule is Cc1cccc(NC(=O)c2ccccc2SCC(=O)N(C)C2CCCCC2)n1. The Hall–Kier alpha value is -2.34. The predicted molar refractivity (Wildman–Crippen MR) is 114 cm³/mol. The molecular formula is C22H27N3O2S. The van der Waals surface area contributed by atoms with Crippen molar-refractivity contribution in [2.75, 3.05) is 18.1 Å². The molecule has 3 rings (SSSR count). The molecule has 1 heterocycles. The summed E-state index contributed by atoms with van der Waals surface area (Å²) in [7, 11) is 1.90. The molecule has 0 spiro atoms. The normalized spacial score (nSPS) is 14.5. The quantitative estimate of drug-likeness (QED) is 0.728. The van der Waals surface area contributed by atoms with Gasteiger partial charge in [-0.3, -0.25) is 9.59 Å². The van der Waals surface area contributed by atoms with Crippen molar-refractivity contribution < 1.29 is 9.59 Å². The van der Waals surface area contributed by atoms with Gasteiger partial charge in [0.05, 0.1) is 11.3 Å². The minimum absolute atomic E-state index is 0.118. The number of nitrogens with zero attached hydrogens (tertiary/aromatic N) is 2. The van der Waals surface area contributed by atoms with Crippen molar-refractivity contribution in [2.24, 2.45) is 0 Å². The average Bonchev–Trinajstić information content (AvgIpc) is 2.72. The number of nitrogens with one attached hydrogen (secondary N) is 1. The summed E-state index contributed by atoms with van der Waals surface area (Å²) in [4.78, 5) is 32.3. The molecule has 5 nitrogen and oxygen atoms in total. The smallest absolute Gasteiger partial charge is 0.257 e. The lowest BCUT2D eigenvalue weighted by Gasteiger charge is -2.31. The zero-order valence-electron chi connectivity index (χ0n) is 16.5. The first-order valence-corrected chi connectivity index (χ1v) is 10.8. The average molecular weight is 398 g/mol. The number of carbonyl (C=O) groups is 2. The Balaban J connectivity index is 1.63. The molecule has 0 radical (unpaired) electrons. The summed E-state index contributed by atoms with van der Waals surface area (Å²) in [5.74, 6) is 0.764. The van der Waals surface area contributed by atoms with Gasteiger partial charge in [0.1, 0.15) is 5.82 Å². The van der Waals surface area contributed by atoms with Crippen molar-refractivity contribution in [3.8, 4) is 0 Å². The zero-order chi connectivity index (χ0) is 19.9. The first-order valence-electron chi connectivity index (χ1n) is 9.77. The fourth-order valence-electron chi connectivity index (χ4n) is 3.49. The van der Waals surface area contributed by atoms with Gasteiger partial charge < -0.3 is 10.2 Å². The maximum Gasteiger partial charge on any atom is 0.257 e. The van der Waals surface area contributed by atoms with Gasteiger partial charge in [-0.15, -0.1) is 11.8 Å². The van der Waals surface area contributed by atoms with Crippen molar-refractivity contribution in [1.82, 2.24) is 9.88 Å². The molecule has 1 aliphatic rings. The van der Waals surface area contributed by atoms with E-state index < -0.39 is 0 Å². The summed E-state index contributed by atoms with van der Waals surface area (Å²) in [6.45, 7) is 1.88. The summed E-state index contributed by atoms with van der Waals surface area (Å²) < 4.78 is 0. The van der Waals surface area contributed by atoms with E-state index in [1.54, 1.807) is 12.1 Å². The molecule has 0 atom stereocenters. The summed E-state index contributed by atoms with van der Waals surface area (Å²) in [5.41, 5.74) is 1.40. The number of hydrogen-bond donors (Lipinski definition) is 1. The van der Waals surface area contributed by atoms with E-state index in [9.17, 15) is 9.59 Å². The van der Waals surface area contributed by atoms with E-state index in [-0.39, 0.29) is 11.8 Å². The van der Waals surface area contributed by atoms with Crippen molar-refractivity contribution in [2.45, 2.75) is 50.0 Å². The monoisotopic (exact) mass is 397 g/mol. The fourth-order valence-corrected chi connectivity index (χ4v) is 4.46. The van der Waals surface area contributed by atoms with E-state index in [1.165, 1.54) is 31.0 Å². The van der Waals surface area contributed by atoms with Crippen molar-refractivity contribution >= 4 is 29.4 Å². The summed E-state index contributed by atoms with van der Waals surface area (Å²) in [5, 5.41) is 2.84. The Morgan fingerprint density at radius 2 is 1.86 bits per heavy atom. The van der Waals surface area contributed by atoms with Crippen LogP contribution in [0.25, 0.3) is 0 Å². The third-order valence-corrected chi connectivity index (χ3v) is 6.19. The van der Waals surface area contributed by atoms with Crippen LogP contribution in [-0.4, -0.2) is 40.5 Å². The lowest BCUT2D eigenvalue weighted by atomic mass is 9.94. The predicted octanol–water partition coefficient (Wildman–Crippen LogP) is 4.53. The van der Waals surface area contributed by atoms with Gasteiger partial charge in [0, 0.05) is 23.7 Å². The molecule has 1 saturated carbocycles. The molecular weight excluding hydrogens is 370 g/mol. The summed E-state index contributed by atoms with van der Waals surface area (Å²) in [6, 6.07) is 13.3. The Bertz CT molecular complexity index is 834. The number of benzene rings is 1. The van der Waals surface area contributed by atoms with Gasteiger partial charge in [0.25, 0.3) is 5.91 Å². The maximum atomic E-state index is 12.7. The van der Waals surface area contributed by atoms with Crippen LogP contribution in [0.2, 0.25) is 0 Å². The lowest BCUT2D eigenvalue weighted by Crippen LogP contribution is -2.39. The standard InChI is InChI=1S/C22H27N3O2S/c1-16-9-8-14-20(23-16)24-22(27)18-12-6-7-13-19(18)28-15-21(26)25(2)17-10-4-3-5-11-17/h6-9,12-14,17H,3-5,10-11,15H2,1-2H3,(H,23,24,27). The largest absolute Gasteiger partial charge is 0.342 e. The van der Waals surface area contributed by atoms with Gasteiger partial charge in [-0.05, 0) is 44.0 Å². The summed E-state index contributed by atoms with van der Waals surface area (Å²) in [6.07, 6.45) is 5.85. The number of pyridine rings is 1. The molecule has 6 heteroatoms. The first kappa shape index (κ1) is 20.4. The van der Waals surface area contributed by atoms with Gasteiger partial charge in [-0.25, -0.2) is 4.98 Å². The third kappa shape index (κ3) is 5.35. The lowest BCUT2D eigenvalue weighted by molar-refractivity contribution is -0.129. The van der Waals surface area contributed by atoms with Crippen LogP contribution < -0.4 is 5.32 Å². The van der Waals surface area contributed by atoms with E-state index in [0.717, 1.165) is 23.4 Å². The van der Waals surface area contributed by atoms with Gasteiger partial charge in [-0.1, -0.05) is 37.5 Å². The van der Waals surface area contributed by atoms with Crippen LogP contribution in [0.5, 0.6) is 0 Å². The highest BCUT2D eigenvalue weighted by Crippen LogP contribution is 2.26. The molecule has 0 aliphatic heterocycles. The first-order chi connectivity index (χ1) is 13.5. The Morgan fingerprint density at radius 3 is 2.61 bits per heavy atom. The molecule has 148 valence electrons. The molecule has 1 N–H and O–H groups in total. The van der Waals surface area contributed by atoms with Crippen LogP contribution in [0, 0.1) is 6.92 Å². The molecule has 0 unspecified atom stereocenters. The van der Waals surface area contributed by atoms with Crippen LogP contribution in [-0.2, 0) is 4.79 Å². The van der Waals surface area contributed by atoms with Crippen molar-refractivity contribution in [3.05, 3.63) is 53.7 Å². The number of anilines is 1. The Morgan fingerprint density at radius 1 is 1.11 bits per heavy atom. The number of carbonyl (C=O) groups excluding carboxylic acids is 2. The van der Waals surface area contributed by atoms with E-state index >= 15 is 0 Å². The minimum atomic E-state index is -0.214. The number of amides is 2. The second kappa shape index (κ2) is 9.73. The zero-order valence-corrected chi connectivity index (χ0v) is 17.3. The summed E-state index contributed by atoms with van der Waals surface area (Å²) >= 11 is 1.42. The molecule has 1 aromatic carbocycles. The molecule has 1 aliphatic carbocycles. The minimum Gasteiger partial charge on any atom is -0.342 e. The van der Waals surface area contributed by atoms with Crippen molar-refractivity contribution in [3.63, 3.8) is 0 Å². The van der Waals surface area contributed by atoms with Gasteiger partial charge in [0.2, 0.25) is 5.91 Å². The number of thioether (sulfide) groups is 1. The third-order valence-electron chi connectivity index (χ3n) is 5.13. The molecule has 0 saturated heterocycles. The Kier molecular flexibility index (Phi) is 7.09. The Labute approximate surface area is 170 Å². The number of hydrogen-bond acceptors (Lipinski definition) is 4. The highest BCUT2D eigenvalue weighted by atomic mass is 32.2. The molecule has 1 fully saturated rings. The molecule has 28 heavy (non-hydrogen) atoms. The van der Waals surface area contributed by atoms with Gasteiger partial charge in [-0.2, -0.15) is 0 Å². The number of rotatable bonds is 6. The number of aryl methyl sites for hydroxylation is 1. The second-order valence-electron chi connectivity index (χ2n) is 7.20. The van der Waals surface area contributed by atoms with Gasteiger partial charge >= 0.3 is 0 Å². The molecule has 0 bridgehead atoms. The van der Waals surface area contributed by atoms with Gasteiger partial charge in [0.15, 0.2) is 0 Å². The molecule has 2 amide bonds.